The van der Waals surface area contributed by atoms with Crippen LogP contribution in [-0.4, -0.2) is 40.8 Å². The van der Waals surface area contributed by atoms with Crippen LogP contribution < -0.4 is 5.32 Å². The van der Waals surface area contributed by atoms with Gasteiger partial charge in [-0.05, 0) is 24.1 Å². The van der Waals surface area contributed by atoms with Crippen molar-refractivity contribution >= 4 is 22.7 Å². The minimum absolute atomic E-state index is 0.0670. The number of carbonyl (C=O) groups is 2. The van der Waals surface area contributed by atoms with Gasteiger partial charge in [0.2, 0.25) is 5.91 Å². The van der Waals surface area contributed by atoms with E-state index in [1.54, 1.807) is 17.2 Å². The Bertz CT molecular complexity index is 721. The molecule has 2 aromatic rings. The second kappa shape index (κ2) is 5.75. The summed E-state index contributed by atoms with van der Waals surface area (Å²) >= 11 is 0. The van der Waals surface area contributed by atoms with Gasteiger partial charge in [-0.1, -0.05) is 26.0 Å². The Morgan fingerprint density at radius 3 is 2.91 bits per heavy atom. The highest BCUT2D eigenvalue weighted by Gasteiger charge is 2.35. The summed E-state index contributed by atoms with van der Waals surface area (Å²) in [6.07, 6.45) is 1.71. The van der Waals surface area contributed by atoms with Crippen molar-refractivity contribution in [3.05, 3.63) is 42.1 Å². The van der Waals surface area contributed by atoms with E-state index in [-0.39, 0.29) is 17.7 Å². The summed E-state index contributed by atoms with van der Waals surface area (Å²) in [7, 11) is 0. The second-order valence-corrected chi connectivity index (χ2v) is 5.85. The standard InChI is InChI=1S/C17H19N3O2/c1-11(2)15-16(21)19-9-10-20(15)17(22)13-5-3-7-14-12(13)6-4-8-18-14/h3-8,11,15H,9-10H2,1-2H3,(H,19,21). The number of carbonyl (C=O) groups excluding carboxylic acids is 2. The summed E-state index contributed by atoms with van der Waals surface area (Å²) in [5.74, 6) is -0.113. The van der Waals surface area contributed by atoms with Gasteiger partial charge in [-0.3, -0.25) is 14.6 Å². The molecule has 1 saturated heterocycles. The number of hydrogen-bond donors (Lipinski definition) is 1. The maximum Gasteiger partial charge on any atom is 0.255 e. The Labute approximate surface area is 129 Å². The van der Waals surface area contributed by atoms with E-state index in [0.717, 1.165) is 10.9 Å². The van der Waals surface area contributed by atoms with Crippen LogP contribution in [-0.2, 0) is 4.79 Å². The first-order valence-corrected chi connectivity index (χ1v) is 7.52. The monoisotopic (exact) mass is 297 g/mol. The molecular weight excluding hydrogens is 278 g/mol. The first-order chi connectivity index (χ1) is 10.6. The van der Waals surface area contributed by atoms with Crippen LogP contribution in [0.3, 0.4) is 0 Å². The van der Waals surface area contributed by atoms with Crippen LogP contribution in [0.25, 0.3) is 10.9 Å². The predicted molar refractivity (Wildman–Crippen MR) is 84.4 cm³/mol. The zero-order valence-corrected chi connectivity index (χ0v) is 12.7. The second-order valence-electron chi connectivity index (χ2n) is 5.85. The molecule has 3 rings (SSSR count). The van der Waals surface area contributed by atoms with Gasteiger partial charge in [-0.2, -0.15) is 0 Å². The Morgan fingerprint density at radius 1 is 1.32 bits per heavy atom. The fourth-order valence-electron chi connectivity index (χ4n) is 3.02. The van der Waals surface area contributed by atoms with Gasteiger partial charge in [-0.15, -0.1) is 0 Å². The van der Waals surface area contributed by atoms with Gasteiger partial charge >= 0.3 is 0 Å². The zero-order valence-electron chi connectivity index (χ0n) is 12.7. The van der Waals surface area contributed by atoms with Crippen molar-refractivity contribution in [2.24, 2.45) is 5.92 Å². The maximum atomic E-state index is 13.0. The molecule has 1 aliphatic heterocycles. The lowest BCUT2D eigenvalue weighted by Crippen LogP contribution is -2.59. The summed E-state index contributed by atoms with van der Waals surface area (Å²) in [6, 6.07) is 8.81. The third-order valence-electron chi connectivity index (χ3n) is 4.02. The quantitative estimate of drug-likeness (QED) is 0.920. The summed E-state index contributed by atoms with van der Waals surface area (Å²) in [6.45, 7) is 4.95. The van der Waals surface area contributed by atoms with Crippen molar-refractivity contribution in [1.29, 1.82) is 0 Å². The van der Waals surface area contributed by atoms with E-state index in [2.05, 4.69) is 10.3 Å². The fourth-order valence-corrected chi connectivity index (χ4v) is 3.02. The molecule has 1 aromatic carbocycles. The van der Waals surface area contributed by atoms with Gasteiger partial charge in [0, 0.05) is 30.2 Å². The average Bonchev–Trinajstić information content (AvgIpc) is 2.53. The minimum Gasteiger partial charge on any atom is -0.353 e. The highest BCUT2D eigenvalue weighted by Crippen LogP contribution is 2.22. The van der Waals surface area contributed by atoms with Crippen LogP contribution in [0.15, 0.2) is 36.5 Å². The predicted octanol–water partition coefficient (Wildman–Crippen LogP) is 1.83. The van der Waals surface area contributed by atoms with Crippen molar-refractivity contribution in [3.8, 4) is 0 Å². The van der Waals surface area contributed by atoms with Crippen LogP contribution in [0.4, 0.5) is 0 Å². The molecule has 5 nitrogen and oxygen atoms in total. The number of nitrogens with one attached hydrogen (secondary N) is 1. The Hall–Kier alpha value is -2.43. The number of hydrogen-bond acceptors (Lipinski definition) is 3. The molecule has 0 saturated carbocycles. The first kappa shape index (κ1) is 14.5. The molecule has 2 heterocycles. The fraction of sp³-hybridized carbons (Fsp3) is 0.353. The Morgan fingerprint density at radius 2 is 2.14 bits per heavy atom. The average molecular weight is 297 g/mol. The molecule has 0 spiro atoms. The number of nitrogens with zero attached hydrogens (tertiary/aromatic N) is 2. The van der Waals surface area contributed by atoms with E-state index >= 15 is 0 Å². The van der Waals surface area contributed by atoms with E-state index in [1.165, 1.54) is 0 Å². The van der Waals surface area contributed by atoms with Crippen molar-refractivity contribution < 1.29 is 9.59 Å². The third kappa shape index (κ3) is 2.43. The molecule has 1 atom stereocenters. The highest BCUT2D eigenvalue weighted by molar-refractivity contribution is 6.07. The zero-order chi connectivity index (χ0) is 15.7. The topological polar surface area (TPSA) is 62.3 Å². The van der Waals surface area contributed by atoms with Gasteiger partial charge in [0.1, 0.15) is 6.04 Å². The normalized spacial score (nSPS) is 18.6. The summed E-state index contributed by atoms with van der Waals surface area (Å²) < 4.78 is 0. The van der Waals surface area contributed by atoms with Gasteiger partial charge in [0.25, 0.3) is 5.91 Å². The lowest BCUT2D eigenvalue weighted by Gasteiger charge is -2.37. The number of amides is 2. The number of aromatic nitrogens is 1. The molecule has 1 aromatic heterocycles. The minimum atomic E-state index is -0.423. The lowest BCUT2D eigenvalue weighted by atomic mass is 9.97. The van der Waals surface area contributed by atoms with Crippen LogP contribution in [0.5, 0.6) is 0 Å². The molecule has 1 fully saturated rings. The van der Waals surface area contributed by atoms with Gasteiger partial charge in [0.05, 0.1) is 5.52 Å². The van der Waals surface area contributed by atoms with Gasteiger partial charge in [0.15, 0.2) is 0 Å². The van der Waals surface area contributed by atoms with E-state index in [1.807, 2.05) is 38.1 Å². The molecule has 114 valence electrons. The molecule has 1 N–H and O–H groups in total. The van der Waals surface area contributed by atoms with Crippen LogP contribution >= 0.6 is 0 Å². The van der Waals surface area contributed by atoms with Gasteiger partial charge < -0.3 is 10.2 Å². The third-order valence-corrected chi connectivity index (χ3v) is 4.02. The smallest absolute Gasteiger partial charge is 0.255 e. The Balaban J connectivity index is 2.03. The Kier molecular flexibility index (Phi) is 3.79. The van der Waals surface area contributed by atoms with Crippen LogP contribution in [0.2, 0.25) is 0 Å². The molecule has 5 heteroatoms. The number of piperazine rings is 1. The summed E-state index contributed by atoms with van der Waals surface area (Å²) in [5.41, 5.74) is 1.39. The van der Waals surface area contributed by atoms with Crippen LogP contribution in [0.1, 0.15) is 24.2 Å². The summed E-state index contributed by atoms with van der Waals surface area (Å²) in [5, 5.41) is 3.66. The molecule has 1 aliphatic rings. The lowest BCUT2D eigenvalue weighted by molar-refractivity contribution is -0.129. The SMILES string of the molecule is CC(C)C1C(=O)NCCN1C(=O)c1cccc2ncccc12. The van der Waals surface area contributed by atoms with Crippen molar-refractivity contribution in [2.75, 3.05) is 13.1 Å². The van der Waals surface area contributed by atoms with Crippen LogP contribution in [0, 0.1) is 5.92 Å². The first-order valence-electron chi connectivity index (χ1n) is 7.52. The number of fused-ring (bicyclic) bond motifs is 1. The molecule has 0 radical (unpaired) electrons. The van der Waals surface area contributed by atoms with Crippen molar-refractivity contribution in [2.45, 2.75) is 19.9 Å². The van der Waals surface area contributed by atoms with Gasteiger partial charge in [-0.25, -0.2) is 0 Å². The van der Waals surface area contributed by atoms with E-state index < -0.39 is 6.04 Å². The van der Waals surface area contributed by atoms with E-state index in [0.29, 0.717) is 18.7 Å². The van der Waals surface area contributed by atoms with E-state index in [9.17, 15) is 9.59 Å². The molecule has 2 amide bonds. The molecular formula is C17H19N3O2. The number of pyridine rings is 1. The number of benzene rings is 1. The molecule has 0 aliphatic carbocycles. The number of rotatable bonds is 2. The van der Waals surface area contributed by atoms with E-state index in [4.69, 9.17) is 0 Å². The summed E-state index contributed by atoms with van der Waals surface area (Å²) in [4.78, 5) is 31.1. The maximum absolute atomic E-state index is 13.0. The molecule has 22 heavy (non-hydrogen) atoms. The van der Waals surface area contributed by atoms with Crippen molar-refractivity contribution in [1.82, 2.24) is 15.2 Å². The van der Waals surface area contributed by atoms with Crippen molar-refractivity contribution in [3.63, 3.8) is 0 Å². The molecule has 0 bridgehead atoms. The molecule has 1 unspecified atom stereocenters. The largest absolute Gasteiger partial charge is 0.353 e. The highest BCUT2D eigenvalue weighted by atomic mass is 16.2.